The molecule has 1 aliphatic rings. The van der Waals surface area contributed by atoms with Crippen LogP contribution in [0.15, 0.2) is 64.0 Å². The molecule has 0 heterocycles. The lowest BCUT2D eigenvalue weighted by molar-refractivity contribution is -0.416. The summed E-state index contributed by atoms with van der Waals surface area (Å²) in [6.45, 7) is 1.89. The zero-order valence-electron chi connectivity index (χ0n) is 14.7. The summed E-state index contributed by atoms with van der Waals surface area (Å²) >= 11 is 0. The number of allylic oxidation sites excluding steroid dienone is 2. The Morgan fingerprint density at radius 2 is 1.92 bits per heavy atom. The Morgan fingerprint density at radius 1 is 1.23 bits per heavy atom. The molecule has 0 saturated heterocycles. The first-order valence-electron chi connectivity index (χ1n) is 7.82. The Balaban J connectivity index is 2.45. The quantitative estimate of drug-likeness (QED) is 0.510. The van der Waals surface area contributed by atoms with Crippen LogP contribution in [0.1, 0.15) is 17.3 Å². The van der Waals surface area contributed by atoms with Crippen molar-refractivity contribution in [1.82, 2.24) is 4.90 Å². The molecule has 0 aromatic heterocycles. The molecule has 8 heteroatoms. The van der Waals surface area contributed by atoms with Gasteiger partial charge in [0.2, 0.25) is 0 Å². The van der Waals surface area contributed by atoms with Crippen LogP contribution in [0.5, 0.6) is 0 Å². The number of rotatable bonds is 4. The molecular formula is C18H19N4O4+. The molecule has 0 fully saturated rings. The van der Waals surface area contributed by atoms with Gasteiger partial charge in [0.05, 0.1) is 18.4 Å². The van der Waals surface area contributed by atoms with Crippen molar-refractivity contribution in [3.8, 4) is 0 Å². The highest BCUT2D eigenvalue weighted by Crippen LogP contribution is 2.21. The van der Waals surface area contributed by atoms with Gasteiger partial charge < -0.3 is 4.74 Å². The van der Waals surface area contributed by atoms with Crippen molar-refractivity contribution in [2.75, 3.05) is 20.8 Å². The molecule has 2 rings (SSSR count). The molecule has 0 unspecified atom stereocenters. The maximum atomic E-state index is 12.4. The molecule has 0 bridgehead atoms. The number of hydrogen-bond acceptors (Lipinski definition) is 5. The van der Waals surface area contributed by atoms with Crippen LogP contribution >= 0.6 is 0 Å². The van der Waals surface area contributed by atoms with Crippen molar-refractivity contribution in [3.05, 3.63) is 59.4 Å². The highest BCUT2D eigenvalue weighted by Gasteiger charge is 2.30. The van der Waals surface area contributed by atoms with Gasteiger partial charge in [-0.25, -0.2) is 10.3 Å². The molecule has 0 aliphatic heterocycles. The van der Waals surface area contributed by atoms with Gasteiger partial charge in [-0.1, -0.05) is 18.2 Å². The number of nitrogens with zero attached hydrogens (tertiary/aromatic N) is 3. The van der Waals surface area contributed by atoms with Gasteiger partial charge in [0, 0.05) is 12.6 Å². The lowest BCUT2D eigenvalue weighted by atomic mass is 10.0. The standard InChI is InChI=1S/C18H19N4O4/c1-4-26-18(24)22(2)15-10-14(16(25-3)11-13(15)21-19)20-17(23)12-8-6-5-7-9-12/h5-11,19H,4H2,1-3H3/q+1. The second-order valence-corrected chi connectivity index (χ2v) is 5.17. The number of ether oxygens (including phenoxy) is 1. The molecule has 2 amide bonds. The van der Waals surface area contributed by atoms with Gasteiger partial charge in [-0.15, -0.1) is 0 Å². The minimum atomic E-state index is -0.608. The monoisotopic (exact) mass is 355 g/mol. The van der Waals surface area contributed by atoms with E-state index in [1.54, 1.807) is 37.3 Å². The maximum Gasteiger partial charge on any atom is 0.414 e. The number of ketones is 1. The maximum absolute atomic E-state index is 12.4. The van der Waals surface area contributed by atoms with Gasteiger partial charge in [0.1, 0.15) is 5.70 Å². The van der Waals surface area contributed by atoms with E-state index < -0.39 is 12.0 Å². The smallest absolute Gasteiger partial charge is 0.414 e. The SMILES string of the molecule is CCOC(=O)N(C)C1=CC(=NC(=O)c2ccccc2)C(=[O+]C)C=C1N=N. The molecule has 1 aliphatic carbocycles. The van der Waals surface area contributed by atoms with Crippen LogP contribution in [0.4, 0.5) is 4.79 Å². The molecule has 134 valence electrons. The first-order valence-corrected chi connectivity index (χ1v) is 7.82. The van der Waals surface area contributed by atoms with Crippen molar-refractivity contribution in [3.63, 3.8) is 0 Å². The minimum Gasteiger partial charge on any atom is -0.449 e. The number of carbonyl (C=O) groups excluding carboxylic acids is 3. The Labute approximate surface area is 150 Å². The van der Waals surface area contributed by atoms with Crippen molar-refractivity contribution in [2.45, 2.75) is 6.92 Å². The number of amides is 2. The van der Waals surface area contributed by atoms with Crippen molar-refractivity contribution in [1.29, 1.82) is 5.53 Å². The summed E-state index contributed by atoms with van der Waals surface area (Å²) in [6, 6.07) is 8.58. The molecule has 0 atom stereocenters. The van der Waals surface area contributed by atoms with Gasteiger partial charge >= 0.3 is 11.9 Å². The minimum absolute atomic E-state index is 0.184. The summed E-state index contributed by atoms with van der Waals surface area (Å²) in [5.74, 6) is -0.189. The van der Waals surface area contributed by atoms with Gasteiger partial charge in [-0.2, -0.15) is 10.1 Å². The predicted octanol–water partition coefficient (Wildman–Crippen LogP) is 2.90. The molecular weight excluding hydrogens is 336 g/mol. The summed E-state index contributed by atoms with van der Waals surface area (Å²) in [4.78, 5) is 29.6. The van der Waals surface area contributed by atoms with Crippen LogP contribution in [0, 0.1) is 5.53 Å². The summed E-state index contributed by atoms with van der Waals surface area (Å²) < 4.78 is 10.2. The third kappa shape index (κ3) is 4.15. The summed E-state index contributed by atoms with van der Waals surface area (Å²) in [5.41, 5.74) is 8.44. The van der Waals surface area contributed by atoms with Gasteiger partial charge in [0.15, 0.2) is 5.71 Å². The van der Waals surface area contributed by atoms with E-state index in [-0.39, 0.29) is 29.5 Å². The fourth-order valence-corrected chi connectivity index (χ4v) is 2.23. The number of nitrogens with one attached hydrogen (secondary N) is 1. The van der Waals surface area contributed by atoms with Crippen molar-refractivity contribution >= 4 is 23.5 Å². The zero-order chi connectivity index (χ0) is 19.1. The highest BCUT2D eigenvalue weighted by atomic mass is 16.6. The molecule has 0 spiro atoms. The molecule has 26 heavy (non-hydrogen) atoms. The largest absolute Gasteiger partial charge is 0.449 e. The van der Waals surface area contributed by atoms with E-state index >= 15 is 0 Å². The second-order valence-electron chi connectivity index (χ2n) is 5.17. The second kappa shape index (κ2) is 8.61. The third-order valence-corrected chi connectivity index (χ3v) is 3.54. The molecule has 1 aromatic carbocycles. The van der Waals surface area contributed by atoms with E-state index in [4.69, 9.17) is 14.7 Å². The Hall–Kier alpha value is -3.42. The van der Waals surface area contributed by atoms with Crippen LogP contribution in [0.2, 0.25) is 0 Å². The Morgan fingerprint density at radius 3 is 2.50 bits per heavy atom. The van der Waals surface area contributed by atoms with E-state index in [2.05, 4.69) is 10.1 Å². The third-order valence-electron chi connectivity index (χ3n) is 3.54. The molecule has 0 saturated carbocycles. The molecule has 0 radical (unpaired) electrons. The fourth-order valence-electron chi connectivity index (χ4n) is 2.23. The van der Waals surface area contributed by atoms with Crippen LogP contribution in [0.25, 0.3) is 0 Å². The first-order chi connectivity index (χ1) is 12.5. The van der Waals surface area contributed by atoms with E-state index in [0.29, 0.717) is 5.56 Å². The predicted molar refractivity (Wildman–Crippen MR) is 95.2 cm³/mol. The highest BCUT2D eigenvalue weighted by molar-refractivity contribution is 6.50. The van der Waals surface area contributed by atoms with E-state index in [0.717, 1.165) is 0 Å². The van der Waals surface area contributed by atoms with E-state index in [1.807, 2.05) is 0 Å². The molecule has 8 nitrogen and oxygen atoms in total. The fraction of sp³-hybridized carbons (Fsp3) is 0.222. The van der Waals surface area contributed by atoms with Gasteiger partial charge in [0.25, 0.3) is 13.0 Å². The number of carbonyl (C=O) groups is 2. The lowest BCUT2D eigenvalue weighted by Gasteiger charge is -2.21. The van der Waals surface area contributed by atoms with E-state index in [1.165, 1.54) is 31.2 Å². The van der Waals surface area contributed by atoms with Crippen LogP contribution in [-0.2, 0) is 9.16 Å². The van der Waals surface area contributed by atoms with Crippen LogP contribution in [-0.4, -0.2) is 49.2 Å². The Bertz CT molecular complexity index is 838. The van der Waals surface area contributed by atoms with E-state index in [9.17, 15) is 9.59 Å². The lowest BCUT2D eigenvalue weighted by Crippen LogP contribution is -2.31. The Kier molecular flexibility index (Phi) is 6.26. The average Bonchev–Trinajstić information content (AvgIpc) is 2.67. The molecule has 1 N–H and O–H groups in total. The average molecular weight is 355 g/mol. The topological polar surface area (TPSA) is 106 Å². The number of benzene rings is 1. The molecule has 1 aromatic rings. The van der Waals surface area contributed by atoms with Crippen LogP contribution < -0.4 is 0 Å². The van der Waals surface area contributed by atoms with Crippen molar-refractivity contribution < 1.29 is 18.8 Å². The van der Waals surface area contributed by atoms with Gasteiger partial charge in [-0.3, -0.25) is 14.1 Å². The van der Waals surface area contributed by atoms with Crippen molar-refractivity contribution in [2.24, 2.45) is 10.1 Å². The zero-order valence-corrected chi connectivity index (χ0v) is 14.7. The number of aliphatic imine (C=N–C) groups is 1. The van der Waals surface area contributed by atoms with Crippen LogP contribution in [0.3, 0.4) is 0 Å². The summed E-state index contributed by atoms with van der Waals surface area (Å²) in [6.07, 6.45) is 2.29. The summed E-state index contributed by atoms with van der Waals surface area (Å²) in [5, 5.41) is 3.42. The summed E-state index contributed by atoms with van der Waals surface area (Å²) in [7, 11) is 2.90. The number of likely N-dealkylation sites (N-methyl/N-ethyl adjacent to an activating group) is 1. The normalized spacial score (nSPS) is 16.7. The first kappa shape index (κ1) is 18.9. The number of hydrogen-bond donors (Lipinski definition) is 1. The van der Waals surface area contributed by atoms with Gasteiger partial charge in [-0.05, 0) is 25.1 Å².